The Balaban J connectivity index is 0.000000194. The molecular formula is C52H52OSiZr. The SMILES string of the molecule is C(C=Cc1ccccc1)=Cc1ccccc1.CC1=Cc2c(-c3ccccc3)cccc2[CH]1[Zr][CH]1C(C)=Cc2c(-c3ccccc3)cccc21.C[SiH2]OC(C)C. The van der Waals surface area contributed by atoms with Crippen LogP contribution in [0.1, 0.15) is 68.3 Å². The van der Waals surface area contributed by atoms with Crippen molar-refractivity contribution in [2.45, 2.75) is 47.6 Å². The van der Waals surface area contributed by atoms with E-state index in [9.17, 15) is 0 Å². The van der Waals surface area contributed by atoms with E-state index in [4.69, 9.17) is 4.43 Å². The minimum Gasteiger partial charge on any atom is -0.422 e. The number of hydrogen-bond acceptors (Lipinski definition) is 1. The maximum Gasteiger partial charge on any atom is 0.158 e. The fourth-order valence-electron chi connectivity index (χ4n) is 7.25. The number of fused-ring (bicyclic) bond motifs is 2. The average molecular weight is 812 g/mol. The molecule has 2 atom stereocenters. The van der Waals surface area contributed by atoms with Crippen LogP contribution in [0.3, 0.4) is 0 Å². The van der Waals surface area contributed by atoms with E-state index in [1.807, 2.05) is 36.4 Å². The van der Waals surface area contributed by atoms with Crippen LogP contribution >= 0.6 is 0 Å². The quantitative estimate of drug-likeness (QED) is 0.104. The van der Waals surface area contributed by atoms with Crippen LogP contribution in [0.4, 0.5) is 0 Å². The van der Waals surface area contributed by atoms with Crippen molar-refractivity contribution in [2.24, 2.45) is 0 Å². The molecule has 0 amide bonds. The van der Waals surface area contributed by atoms with Gasteiger partial charge >= 0.3 is 209 Å². The first-order valence-corrected chi connectivity index (χ1v) is 24.3. The number of benzene rings is 6. The minimum atomic E-state index is -0.835. The minimum absolute atomic E-state index is 0.133. The molecule has 55 heavy (non-hydrogen) atoms. The molecule has 2 unspecified atom stereocenters. The molecule has 0 radical (unpaired) electrons. The van der Waals surface area contributed by atoms with E-state index < -0.39 is 23.2 Å². The second kappa shape index (κ2) is 20.3. The van der Waals surface area contributed by atoms with Gasteiger partial charge in [0.2, 0.25) is 0 Å². The summed E-state index contributed by atoms with van der Waals surface area (Å²) in [5.41, 5.74) is 17.0. The third-order valence-corrected chi connectivity index (χ3v) is 16.3. The number of hydrogen-bond donors (Lipinski definition) is 0. The molecule has 0 aromatic heterocycles. The van der Waals surface area contributed by atoms with E-state index in [0.717, 1.165) is 0 Å². The van der Waals surface area contributed by atoms with Crippen LogP contribution in [-0.2, 0) is 27.7 Å². The van der Waals surface area contributed by atoms with Gasteiger partial charge in [-0.05, 0) is 25.0 Å². The second-order valence-electron chi connectivity index (χ2n) is 14.2. The van der Waals surface area contributed by atoms with Gasteiger partial charge in [-0.3, -0.25) is 0 Å². The number of rotatable bonds is 9. The normalized spacial score (nSPS) is 15.6. The predicted octanol–water partition coefficient (Wildman–Crippen LogP) is 13.7. The Hall–Kier alpha value is -4.66. The van der Waals surface area contributed by atoms with Crippen LogP contribution in [0.15, 0.2) is 181 Å². The zero-order chi connectivity index (χ0) is 38.4. The van der Waals surface area contributed by atoms with Crippen molar-refractivity contribution in [1.82, 2.24) is 0 Å². The van der Waals surface area contributed by atoms with Gasteiger partial charge < -0.3 is 4.43 Å². The third-order valence-electron chi connectivity index (χ3n) is 9.85. The zero-order valence-corrected chi connectivity index (χ0v) is 36.7. The molecule has 6 aromatic carbocycles. The Morgan fingerprint density at radius 3 is 1.24 bits per heavy atom. The molecule has 2 aliphatic carbocycles. The smallest absolute Gasteiger partial charge is 0.158 e. The first kappa shape index (κ1) is 40.0. The van der Waals surface area contributed by atoms with Crippen LogP contribution in [0, 0.1) is 0 Å². The van der Waals surface area contributed by atoms with Gasteiger partial charge in [-0.2, -0.15) is 0 Å². The third kappa shape index (κ3) is 10.8. The Labute approximate surface area is 343 Å². The molecule has 6 aromatic rings. The largest absolute Gasteiger partial charge is 0.422 e. The topological polar surface area (TPSA) is 9.23 Å². The van der Waals surface area contributed by atoms with Crippen LogP contribution in [0.2, 0.25) is 6.55 Å². The van der Waals surface area contributed by atoms with Gasteiger partial charge in [0.25, 0.3) is 0 Å². The van der Waals surface area contributed by atoms with Gasteiger partial charge in [0, 0.05) is 6.10 Å². The predicted molar refractivity (Wildman–Crippen MR) is 238 cm³/mol. The maximum atomic E-state index is 5.18. The van der Waals surface area contributed by atoms with Gasteiger partial charge in [0.1, 0.15) is 0 Å². The molecule has 8 rings (SSSR count). The summed E-state index contributed by atoms with van der Waals surface area (Å²) in [5.74, 6) is 0. The monoisotopic (exact) mass is 810 g/mol. The summed E-state index contributed by atoms with van der Waals surface area (Å²) in [6.07, 6.45) is 13.7. The molecule has 0 saturated carbocycles. The average Bonchev–Trinajstić information content (AvgIpc) is 3.72. The summed E-state index contributed by atoms with van der Waals surface area (Å²) in [6.45, 7) is 11.0. The van der Waals surface area contributed by atoms with E-state index in [-0.39, 0.29) is 9.76 Å². The zero-order valence-electron chi connectivity index (χ0n) is 32.8. The van der Waals surface area contributed by atoms with E-state index in [1.54, 1.807) is 22.3 Å². The second-order valence-corrected chi connectivity index (χ2v) is 18.8. The first-order valence-electron chi connectivity index (χ1n) is 19.5. The molecule has 1 nitrogen and oxygen atoms in total. The molecule has 0 aliphatic heterocycles. The summed E-state index contributed by atoms with van der Waals surface area (Å²) in [4.78, 5) is 0. The van der Waals surface area contributed by atoms with Crippen molar-refractivity contribution in [3.8, 4) is 22.3 Å². The van der Waals surface area contributed by atoms with Crippen LogP contribution in [-0.4, -0.2) is 15.9 Å². The van der Waals surface area contributed by atoms with Gasteiger partial charge in [-0.15, -0.1) is 0 Å². The van der Waals surface area contributed by atoms with Crippen molar-refractivity contribution in [1.29, 1.82) is 0 Å². The van der Waals surface area contributed by atoms with Crippen molar-refractivity contribution in [2.75, 3.05) is 0 Å². The summed E-state index contributed by atoms with van der Waals surface area (Å²) in [6, 6.07) is 56.1. The molecule has 0 fully saturated rings. The summed E-state index contributed by atoms with van der Waals surface area (Å²) in [7, 11) is -0.133. The first-order chi connectivity index (χ1) is 26.9. The molecule has 0 saturated heterocycles. The van der Waals surface area contributed by atoms with E-state index in [0.29, 0.717) is 13.4 Å². The standard InChI is InChI=1S/2C16H13.C16H14.C4H12OSi.Zr/c2*1-12-10-14-8-5-9-15(16(14)11-12)13-6-3-2-4-7-13;1-3-9-15(10-4-1)13-7-8-14-16-11-5-2-6-12-16;1-4(2)5-6-3;/h2*2-11H,1H3;1-14H;4H,6H2,1-3H3;. The van der Waals surface area contributed by atoms with Gasteiger partial charge in [-0.25, -0.2) is 0 Å². The molecule has 3 heteroatoms. The van der Waals surface area contributed by atoms with Gasteiger partial charge in [0.15, 0.2) is 9.76 Å². The molecule has 0 N–H and O–H groups in total. The fourth-order valence-corrected chi connectivity index (χ4v) is 12.6. The van der Waals surface area contributed by atoms with Crippen molar-refractivity contribution in [3.63, 3.8) is 0 Å². The molecular weight excluding hydrogens is 760 g/mol. The van der Waals surface area contributed by atoms with Crippen molar-refractivity contribution in [3.05, 3.63) is 214 Å². The van der Waals surface area contributed by atoms with Gasteiger partial charge in [0.05, 0.1) is 0 Å². The van der Waals surface area contributed by atoms with Crippen molar-refractivity contribution >= 4 is 34.1 Å². The van der Waals surface area contributed by atoms with E-state index >= 15 is 0 Å². The summed E-state index contributed by atoms with van der Waals surface area (Å²) < 4.78 is 6.44. The Bertz CT molecular complexity index is 2080. The summed E-state index contributed by atoms with van der Waals surface area (Å²) >= 11 is -0.835. The summed E-state index contributed by atoms with van der Waals surface area (Å²) in [5, 5.41) is 0. The Kier molecular flexibility index (Phi) is 14.8. The fraction of sp³-hybridized carbons (Fsp3) is 0.154. The molecule has 0 heterocycles. The van der Waals surface area contributed by atoms with Gasteiger partial charge in [-0.1, -0.05) is 91.5 Å². The van der Waals surface area contributed by atoms with E-state index in [2.05, 4.69) is 192 Å². The molecule has 2 aliphatic rings. The Morgan fingerprint density at radius 1 is 0.509 bits per heavy atom. The number of allylic oxidation sites excluding steroid dienone is 4. The maximum absolute atomic E-state index is 5.18. The Morgan fingerprint density at radius 2 is 0.891 bits per heavy atom. The molecule has 0 bridgehead atoms. The molecule has 274 valence electrons. The van der Waals surface area contributed by atoms with Crippen LogP contribution < -0.4 is 0 Å². The molecule has 0 spiro atoms. The van der Waals surface area contributed by atoms with Crippen LogP contribution in [0.5, 0.6) is 0 Å². The van der Waals surface area contributed by atoms with E-state index in [1.165, 1.54) is 44.5 Å². The van der Waals surface area contributed by atoms with Crippen molar-refractivity contribution < 1.29 is 27.7 Å². The van der Waals surface area contributed by atoms with Crippen LogP contribution in [0.25, 0.3) is 46.6 Å².